The van der Waals surface area contributed by atoms with E-state index in [9.17, 15) is 23.1 Å². The van der Waals surface area contributed by atoms with Gasteiger partial charge in [0.2, 0.25) is 0 Å². The van der Waals surface area contributed by atoms with Gasteiger partial charge in [-0.05, 0) is 80.3 Å². The number of halogens is 3. The fourth-order valence-electron chi connectivity index (χ4n) is 6.47. The van der Waals surface area contributed by atoms with Crippen LogP contribution in [0.15, 0.2) is 59.1 Å². The Bertz CT molecular complexity index is 1790. The number of carbonyl (C=O) groups is 1. The molecule has 2 aliphatic carbocycles. The zero-order chi connectivity index (χ0) is 30.6. The van der Waals surface area contributed by atoms with Crippen LogP contribution in [0.3, 0.4) is 0 Å². The van der Waals surface area contributed by atoms with Gasteiger partial charge in [-0.15, -0.1) is 13.2 Å². The number of piperidine rings is 1. The summed E-state index contributed by atoms with van der Waals surface area (Å²) in [5, 5.41) is 14.5. The van der Waals surface area contributed by atoms with Crippen molar-refractivity contribution < 1.29 is 37.1 Å². The summed E-state index contributed by atoms with van der Waals surface area (Å²) in [5.74, 6) is 0.0813. The number of alkyl halides is 3. The first-order valence-electron chi connectivity index (χ1n) is 14.8. The van der Waals surface area contributed by atoms with E-state index in [0.29, 0.717) is 23.6 Å². The van der Waals surface area contributed by atoms with E-state index in [2.05, 4.69) is 25.9 Å². The number of aromatic nitrogens is 2. The summed E-state index contributed by atoms with van der Waals surface area (Å²) in [7, 11) is 0. The number of aromatic carboxylic acids is 1. The van der Waals surface area contributed by atoms with Gasteiger partial charge in [0.25, 0.3) is 0 Å². The first-order chi connectivity index (χ1) is 21.1. The van der Waals surface area contributed by atoms with Crippen LogP contribution in [-0.2, 0) is 0 Å². The number of benzene rings is 2. The maximum Gasteiger partial charge on any atom is 0.573 e. The molecule has 44 heavy (non-hydrogen) atoms. The van der Waals surface area contributed by atoms with Crippen molar-refractivity contribution in [1.82, 2.24) is 10.1 Å². The number of hydrogen-bond acceptors (Lipinski definition) is 7. The molecule has 3 heterocycles. The van der Waals surface area contributed by atoms with Gasteiger partial charge in [-0.1, -0.05) is 23.4 Å². The normalized spacial score (nSPS) is 17.8. The fraction of sp³-hybridized carbons (Fsp3) is 0.364. The summed E-state index contributed by atoms with van der Waals surface area (Å²) in [6, 6.07) is 13.3. The highest BCUT2D eigenvalue weighted by atomic mass is 19.4. The van der Waals surface area contributed by atoms with Crippen molar-refractivity contribution in [3.05, 3.63) is 71.6 Å². The van der Waals surface area contributed by atoms with Crippen LogP contribution in [-0.4, -0.2) is 47.3 Å². The van der Waals surface area contributed by atoms with E-state index in [1.165, 1.54) is 18.2 Å². The highest BCUT2D eigenvalue weighted by Gasteiger charge is 2.44. The topological polar surface area (TPSA) is 97.9 Å². The molecule has 1 spiro atoms. The number of anilines is 1. The number of hydrogen-bond donors (Lipinski definition) is 1. The van der Waals surface area contributed by atoms with Gasteiger partial charge in [0.05, 0.1) is 12.1 Å². The van der Waals surface area contributed by atoms with Gasteiger partial charge in [0.1, 0.15) is 23.0 Å². The summed E-state index contributed by atoms with van der Waals surface area (Å²) in [6.07, 6.45) is 2.02. The zero-order valence-corrected chi connectivity index (χ0v) is 24.0. The molecule has 2 aromatic heterocycles. The third-order valence-electron chi connectivity index (χ3n) is 8.78. The predicted octanol–water partition coefficient (Wildman–Crippen LogP) is 7.84. The molecule has 8 nitrogen and oxygen atoms in total. The molecule has 228 valence electrons. The highest BCUT2D eigenvalue weighted by molar-refractivity contribution is 5.94. The molecule has 1 N–H and O–H groups in total. The lowest BCUT2D eigenvalue weighted by Gasteiger charge is -2.47. The van der Waals surface area contributed by atoms with E-state index in [-0.39, 0.29) is 28.3 Å². The first kappa shape index (κ1) is 28.2. The molecule has 1 saturated carbocycles. The van der Waals surface area contributed by atoms with E-state index in [1.807, 2.05) is 25.1 Å². The van der Waals surface area contributed by atoms with Crippen molar-refractivity contribution in [3.8, 4) is 22.8 Å². The van der Waals surface area contributed by atoms with E-state index in [1.54, 1.807) is 12.1 Å². The largest absolute Gasteiger partial charge is 0.573 e. The standard InChI is InChI=1S/C33H30F3N3O5/c1-2-42-27-16-25(31(40)41)37-24-10-9-21(15-23(24)27)39-13-11-32(12-14-39)17-20(18-32)28-29(38-44-30(28)19-7-8-19)22-5-3-4-6-26(22)43-33(34,35)36/h3-6,9-10,15-17,19H,2,7-8,11-14,18H2,1H3,(H,40,41). The summed E-state index contributed by atoms with van der Waals surface area (Å²) in [6.45, 7) is 3.88. The second-order valence-corrected chi connectivity index (χ2v) is 11.7. The lowest BCUT2D eigenvalue weighted by atomic mass is 9.63. The Morgan fingerprint density at radius 3 is 2.55 bits per heavy atom. The second kappa shape index (κ2) is 10.6. The molecule has 2 aromatic carbocycles. The Kier molecular flexibility index (Phi) is 6.78. The van der Waals surface area contributed by atoms with Crippen LogP contribution in [0.25, 0.3) is 27.7 Å². The van der Waals surface area contributed by atoms with Gasteiger partial charge in [-0.3, -0.25) is 0 Å². The molecule has 0 radical (unpaired) electrons. The van der Waals surface area contributed by atoms with E-state index < -0.39 is 12.3 Å². The monoisotopic (exact) mass is 605 g/mol. The number of ether oxygens (including phenoxy) is 2. The number of fused-ring (bicyclic) bond motifs is 1. The maximum absolute atomic E-state index is 13.2. The zero-order valence-electron chi connectivity index (χ0n) is 24.0. The minimum Gasteiger partial charge on any atom is -0.493 e. The SMILES string of the molecule is CCOc1cc(C(=O)O)nc2ccc(N3CCC4(C=C(c5c(-c6ccccc6OC(F)(F)F)noc5C5CC5)C4)CC3)cc12. The average Bonchev–Trinajstić information content (AvgIpc) is 3.74. The molecule has 11 heteroatoms. The lowest BCUT2D eigenvalue weighted by Crippen LogP contribution is -2.42. The third kappa shape index (κ3) is 5.24. The molecule has 0 unspecified atom stereocenters. The molecule has 3 aliphatic rings. The minimum absolute atomic E-state index is 0.00550. The summed E-state index contributed by atoms with van der Waals surface area (Å²) in [5.41, 5.74) is 4.05. The minimum atomic E-state index is -4.82. The van der Waals surface area contributed by atoms with Crippen LogP contribution in [0.4, 0.5) is 18.9 Å². The molecular formula is C33H30F3N3O5. The van der Waals surface area contributed by atoms with Crippen LogP contribution >= 0.6 is 0 Å². The van der Waals surface area contributed by atoms with Gasteiger partial charge in [-0.2, -0.15) is 0 Å². The first-order valence-corrected chi connectivity index (χ1v) is 14.8. The molecule has 0 bridgehead atoms. The molecule has 1 aliphatic heterocycles. The van der Waals surface area contributed by atoms with Gasteiger partial charge in [0, 0.05) is 47.3 Å². The number of carboxylic acids is 1. The van der Waals surface area contributed by atoms with E-state index in [0.717, 1.165) is 73.2 Å². The van der Waals surface area contributed by atoms with Crippen molar-refractivity contribution in [1.29, 1.82) is 0 Å². The maximum atomic E-state index is 13.2. The van der Waals surface area contributed by atoms with Gasteiger partial charge < -0.3 is 24.0 Å². The van der Waals surface area contributed by atoms with Crippen molar-refractivity contribution in [2.45, 2.75) is 51.3 Å². The van der Waals surface area contributed by atoms with Crippen LogP contribution in [0.1, 0.15) is 66.8 Å². The number of pyridine rings is 1. The van der Waals surface area contributed by atoms with Gasteiger partial charge in [0.15, 0.2) is 5.69 Å². The van der Waals surface area contributed by atoms with Crippen LogP contribution < -0.4 is 14.4 Å². The van der Waals surface area contributed by atoms with Crippen molar-refractivity contribution in [2.75, 3.05) is 24.6 Å². The molecule has 2 fully saturated rings. The third-order valence-corrected chi connectivity index (χ3v) is 8.78. The summed E-state index contributed by atoms with van der Waals surface area (Å²) in [4.78, 5) is 18.1. The number of allylic oxidation sites excluding steroid dienone is 2. The summed E-state index contributed by atoms with van der Waals surface area (Å²) >= 11 is 0. The van der Waals surface area contributed by atoms with E-state index in [4.69, 9.17) is 9.26 Å². The van der Waals surface area contributed by atoms with Crippen LogP contribution in [0.2, 0.25) is 0 Å². The summed E-state index contributed by atoms with van der Waals surface area (Å²) < 4.78 is 55.4. The van der Waals surface area contributed by atoms with Crippen molar-refractivity contribution in [3.63, 3.8) is 0 Å². The molecular weight excluding hydrogens is 575 g/mol. The Morgan fingerprint density at radius 1 is 1.11 bits per heavy atom. The van der Waals surface area contributed by atoms with Crippen LogP contribution in [0, 0.1) is 5.41 Å². The van der Waals surface area contributed by atoms with Gasteiger partial charge in [-0.25, -0.2) is 9.78 Å². The van der Waals surface area contributed by atoms with E-state index >= 15 is 0 Å². The quantitative estimate of drug-likeness (QED) is 0.217. The van der Waals surface area contributed by atoms with Gasteiger partial charge >= 0.3 is 12.3 Å². The smallest absolute Gasteiger partial charge is 0.493 e. The lowest BCUT2D eigenvalue weighted by molar-refractivity contribution is -0.274. The fourth-order valence-corrected chi connectivity index (χ4v) is 6.47. The van der Waals surface area contributed by atoms with Crippen LogP contribution in [0.5, 0.6) is 11.5 Å². The number of carboxylic acid groups (broad SMARTS) is 1. The molecule has 1 saturated heterocycles. The van der Waals surface area contributed by atoms with Crippen molar-refractivity contribution >= 4 is 28.1 Å². The Morgan fingerprint density at radius 2 is 1.86 bits per heavy atom. The Hall–Kier alpha value is -4.54. The molecule has 7 rings (SSSR count). The second-order valence-electron chi connectivity index (χ2n) is 11.7. The Labute approximate surface area is 251 Å². The number of rotatable bonds is 8. The molecule has 0 atom stereocenters. The highest BCUT2D eigenvalue weighted by Crippen LogP contribution is 2.56. The number of nitrogens with zero attached hydrogens (tertiary/aromatic N) is 3. The van der Waals surface area contributed by atoms with Crippen molar-refractivity contribution in [2.24, 2.45) is 5.41 Å². The number of para-hydroxylation sites is 1. The predicted molar refractivity (Wildman–Crippen MR) is 157 cm³/mol. The Balaban J connectivity index is 1.13. The average molecular weight is 606 g/mol. The molecule has 4 aromatic rings. The molecule has 0 amide bonds.